The Bertz CT molecular complexity index is 572. The predicted molar refractivity (Wildman–Crippen MR) is 90.9 cm³/mol. The molecule has 0 aliphatic carbocycles. The molecule has 0 aliphatic rings. The van der Waals surface area contributed by atoms with Gasteiger partial charge in [0.05, 0.1) is 4.47 Å². The second kappa shape index (κ2) is 7.49. The molecule has 21 heavy (non-hydrogen) atoms. The summed E-state index contributed by atoms with van der Waals surface area (Å²) < 4.78 is 14.3. The normalized spacial score (nSPS) is 13.1. The zero-order valence-corrected chi connectivity index (χ0v) is 14.6. The Labute approximate surface area is 137 Å². The number of halogens is 2. The van der Waals surface area contributed by atoms with Crippen LogP contribution in [-0.2, 0) is 6.54 Å². The lowest BCUT2D eigenvalue weighted by molar-refractivity contribution is 0.149. The molecule has 0 aliphatic heterocycles. The van der Waals surface area contributed by atoms with Crippen LogP contribution in [0.3, 0.4) is 0 Å². The highest BCUT2D eigenvalue weighted by molar-refractivity contribution is 9.10. The van der Waals surface area contributed by atoms with Crippen LogP contribution in [0.5, 0.6) is 0 Å². The summed E-state index contributed by atoms with van der Waals surface area (Å²) in [5, 5.41) is 2.07. The third-order valence-electron chi connectivity index (χ3n) is 3.53. The van der Waals surface area contributed by atoms with E-state index in [0.717, 1.165) is 12.1 Å². The van der Waals surface area contributed by atoms with Crippen LogP contribution in [0.2, 0.25) is 0 Å². The average Bonchev–Trinajstić information content (AvgIpc) is 2.95. The van der Waals surface area contributed by atoms with Gasteiger partial charge in [0.15, 0.2) is 0 Å². The summed E-state index contributed by atoms with van der Waals surface area (Å²) in [7, 11) is 0. The van der Waals surface area contributed by atoms with E-state index in [9.17, 15) is 4.39 Å². The maximum Gasteiger partial charge on any atom is 0.137 e. The molecule has 2 nitrogen and oxygen atoms in total. The molecule has 0 saturated heterocycles. The van der Waals surface area contributed by atoms with Crippen LogP contribution < -0.4 is 5.73 Å². The first-order valence-corrected chi connectivity index (χ1v) is 8.63. The molecule has 0 spiro atoms. The summed E-state index contributed by atoms with van der Waals surface area (Å²) in [6.07, 6.45) is 0. The second-order valence-electron chi connectivity index (χ2n) is 5.27. The van der Waals surface area contributed by atoms with Gasteiger partial charge in [-0.25, -0.2) is 4.39 Å². The Morgan fingerprint density at radius 2 is 2.10 bits per heavy atom. The van der Waals surface area contributed by atoms with Crippen LogP contribution in [-0.4, -0.2) is 17.5 Å². The molecule has 1 atom stereocenters. The molecule has 1 aromatic carbocycles. The molecule has 0 radical (unpaired) electrons. The van der Waals surface area contributed by atoms with Gasteiger partial charge < -0.3 is 5.73 Å². The maximum absolute atomic E-state index is 13.8. The first-order chi connectivity index (χ1) is 10.0. The van der Waals surface area contributed by atoms with E-state index < -0.39 is 0 Å². The lowest BCUT2D eigenvalue weighted by Crippen LogP contribution is -2.38. The predicted octanol–water partition coefficient (Wildman–Crippen LogP) is 4.56. The van der Waals surface area contributed by atoms with Gasteiger partial charge in [0.1, 0.15) is 5.82 Å². The molecule has 2 aromatic rings. The lowest BCUT2D eigenvalue weighted by Gasteiger charge is -2.34. The van der Waals surface area contributed by atoms with E-state index in [1.165, 1.54) is 4.88 Å². The van der Waals surface area contributed by atoms with Crippen LogP contribution in [0.25, 0.3) is 0 Å². The highest BCUT2D eigenvalue weighted by atomic mass is 79.9. The van der Waals surface area contributed by atoms with E-state index in [-0.39, 0.29) is 11.9 Å². The molecule has 0 saturated carbocycles. The van der Waals surface area contributed by atoms with E-state index in [4.69, 9.17) is 5.73 Å². The Hall–Kier alpha value is -0.750. The van der Waals surface area contributed by atoms with E-state index in [1.807, 2.05) is 6.07 Å². The molecule has 2 rings (SSSR count). The highest BCUT2D eigenvalue weighted by Crippen LogP contribution is 2.28. The van der Waals surface area contributed by atoms with Crippen LogP contribution in [0, 0.1) is 5.82 Å². The lowest BCUT2D eigenvalue weighted by atomic mass is 10.0. The van der Waals surface area contributed by atoms with Crippen molar-refractivity contribution >= 4 is 27.3 Å². The van der Waals surface area contributed by atoms with Crippen LogP contribution >= 0.6 is 27.3 Å². The minimum atomic E-state index is -0.245. The van der Waals surface area contributed by atoms with E-state index >= 15 is 0 Å². The third kappa shape index (κ3) is 4.13. The fourth-order valence-electron chi connectivity index (χ4n) is 2.42. The number of hydrogen-bond donors (Lipinski definition) is 1. The largest absolute Gasteiger partial charge is 0.329 e. The average molecular weight is 371 g/mol. The topological polar surface area (TPSA) is 29.3 Å². The van der Waals surface area contributed by atoms with Gasteiger partial charge >= 0.3 is 0 Å². The van der Waals surface area contributed by atoms with Crippen LogP contribution in [0.4, 0.5) is 4.39 Å². The molecular formula is C16H20BrFN2S. The summed E-state index contributed by atoms with van der Waals surface area (Å²) in [5.74, 6) is -0.245. The standard InChI is InChI=1S/C16H20BrFN2S/c1-11(2)20(10-13-4-3-7-21-13)16(9-19)12-5-6-14(17)15(18)8-12/h3-8,11,16H,9-10,19H2,1-2H3. The summed E-state index contributed by atoms with van der Waals surface area (Å²) in [6, 6.07) is 9.77. The highest BCUT2D eigenvalue weighted by Gasteiger charge is 2.23. The van der Waals surface area contributed by atoms with E-state index in [0.29, 0.717) is 17.1 Å². The van der Waals surface area contributed by atoms with Gasteiger partial charge in [-0.1, -0.05) is 12.1 Å². The minimum Gasteiger partial charge on any atom is -0.329 e. The SMILES string of the molecule is CC(C)N(Cc1cccs1)C(CN)c1ccc(Br)c(F)c1. The Morgan fingerprint density at radius 1 is 1.33 bits per heavy atom. The zero-order chi connectivity index (χ0) is 15.4. The van der Waals surface area contributed by atoms with Gasteiger partial charge in [0, 0.05) is 30.1 Å². The van der Waals surface area contributed by atoms with Crippen molar-refractivity contribution in [1.82, 2.24) is 4.90 Å². The monoisotopic (exact) mass is 370 g/mol. The first kappa shape index (κ1) is 16.6. The van der Waals surface area contributed by atoms with Crippen LogP contribution in [0.15, 0.2) is 40.2 Å². The van der Waals surface area contributed by atoms with E-state index in [2.05, 4.69) is 52.2 Å². The zero-order valence-electron chi connectivity index (χ0n) is 12.2. The number of nitrogens with zero attached hydrogens (tertiary/aromatic N) is 1. The van der Waals surface area contributed by atoms with Gasteiger partial charge in [-0.05, 0) is 58.9 Å². The number of nitrogens with two attached hydrogens (primary N) is 1. The second-order valence-corrected chi connectivity index (χ2v) is 7.16. The van der Waals surface area contributed by atoms with Gasteiger partial charge in [-0.3, -0.25) is 4.90 Å². The van der Waals surface area contributed by atoms with Crippen molar-refractivity contribution < 1.29 is 4.39 Å². The summed E-state index contributed by atoms with van der Waals surface area (Å²) >= 11 is 4.93. The number of benzene rings is 1. The first-order valence-electron chi connectivity index (χ1n) is 6.96. The summed E-state index contributed by atoms with van der Waals surface area (Å²) in [6.45, 7) is 5.58. The number of hydrogen-bond acceptors (Lipinski definition) is 3. The van der Waals surface area contributed by atoms with Crippen molar-refractivity contribution in [2.24, 2.45) is 5.73 Å². The molecule has 0 amide bonds. The molecule has 114 valence electrons. The molecule has 5 heteroatoms. The fourth-order valence-corrected chi connectivity index (χ4v) is 3.38. The third-order valence-corrected chi connectivity index (χ3v) is 5.04. The minimum absolute atomic E-state index is 0.00898. The summed E-state index contributed by atoms with van der Waals surface area (Å²) in [4.78, 5) is 3.61. The van der Waals surface area contributed by atoms with Crippen molar-refractivity contribution in [1.29, 1.82) is 0 Å². The molecule has 0 fully saturated rings. The van der Waals surface area contributed by atoms with Crippen molar-refractivity contribution in [2.75, 3.05) is 6.54 Å². The summed E-state index contributed by atoms with van der Waals surface area (Å²) in [5.41, 5.74) is 6.91. The van der Waals surface area contributed by atoms with Crippen molar-refractivity contribution in [2.45, 2.75) is 32.5 Å². The maximum atomic E-state index is 13.8. The van der Waals surface area contributed by atoms with E-state index in [1.54, 1.807) is 23.5 Å². The van der Waals surface area contributed by atoms with Crippen molar-refractivity contribution in [3.63, 3.8) is 0 Å². The molecule has 0 bridgehead atoms. The Morgan fingerprint density at radius 3 is 2.62 bits per heavy atom. The van der Waals surface area contributed by atoms with Gasteiger partial charge in [0.2, 0.25) is 0 Å². The van der Waals surface area contributed by atoms with Gasteiger partial charge in [0.25, 0.3) is 0 Å². The Balaban J connectivity index is 2.28. The van der Waals surface area contributed by atoms with Crippen LogP contribution in [0.1, 0.15) is 30.3 Å². The number of rotatable bonds is 6. The molecule has 2 N–H and O–H groups in total. The molecule has 1 aromatic heterocycles. The Kier molecular flexibility index (Phi) is 5.93. The number of thiophene rings is 1. The van der Waals surface area contributed by atoms with Gasteiger partial charge in [-0.15, -0.1) is 11.3 Å². The smallest absolute Gasteiger partial charge is 0.137 e. The molecular weight excluding hydrogens is 351 g/mol. The van der Waals surface area contributed by atoms with Crippen molar-refractivity contribution in [3.8, 4) is 0 Å². The van der Waals surface area contributed by atoms with Crippen molar-refractivity contribution in [3.05, 3.63) is 56.4 Å². The molecule has 1 heterocycles. The van der Waals surface area contributed by atoms with Gasteiger partial charge in [-0.2, -0.15) is 0 Å². The molecule has 1 unspecified atom stereocenters. The fraction of sp³-hybridized carbons (Fsp3) is 0.375. The quantitative estimate of drug-likeness (QED) is 0.807.